The number of esters is 2. The molecule has 29 heavy (non-hydrogen) atoms. The van der Waals surface area contributed by atoms with Crippen molar-refractivity contribution in [1.82, 2.24) is 9.55 Å². The number of carbonyl (C=O) groups excluding carboxylic acids is 2. The molecule has 2 heterocycles. The maximum atomic E-state index is 12.3. The Hall–Kier alpha value is -2.77. The minimum absolute atomic E-state index is 0.0128. The Bertz CT molecular complexity index is 1020. The number of ether oxygens (including phenoxy) is 3. The summed E-state index contributed by atoms with van der Waals surface area (Å²) >= 11 is 0. The highest BCUT2D eigenvalue weighted by Gasteiger charge is 2.51. The SMILES string of the molecule is C=Cc1cn([C@@H]2O[C@H](COC(C)=O)[C@H](OS(C)(=O)=O)[C@H]2OC(C)=O)c(=O)[nH]c1=O. The number of hydrogen-bond acceptors (Lipinski definition) is 10. The van der Waals surface area contributed by atoms with Crippen LogP contribution in [-0.2, 0) is 38.1 Å². The van der Waals surface area contributed by atoms with Gasteiger partial charge in [0.15, 0.2) is 12.3 Å². The third kappa shape index (κ3) is 5.62. The van der Waals surface area contributed by atoms with E-state index in [1.165, 1.54) is 6.08 Å². The number of H-pyrrole nitrogens is 1. The number of nitrogens with zero attached hydrogens (tertiary/aromatic N) is 1. The van der Waals surface area contributed by atoms with E-state index in [0.29, 0.717) is 0 Å². The molecule has 1 fully saturated rings. The van der Waals surface area contributed by atoms with E-state index in [1.54, 1.807) is 0 Å². The second-order valence-electron chi connectivity index (χ2n) is 6.16. The predicted molar refractivity (Wildman–Crippen MR) is 97.2 cm³/mol. The maximum absolute atomic E-state index is 12.3. The normalized spacial score (nSPS) is 24.1. The first-order valence-corrected chi connectivity index (χ1v) is 10.1. The molecule has 1 N–H and O–H groups in total. The predicted octanol–water partition coefficient (Wildman–Crippen LogP) is -1.08. The molecule has 0 aromatic carbocycles. The van der Waals surface area contributed by atoms with Gasteiger partial charge in [-0.25, -0.2) is 4.79 Å². The topological polar surface area (TPSA) is 160 Å². The maximum Gasteiger partial charge on any atom is 0.330 e. The first-order valence-electron chi connectivity index (χ1n) is 8.25. The Labute approximate surface area is 165 Å². The molecule has 0 bridgehead atoms. The molecule has 1 saturated heterocycles. The molecule has 2 rings (SSSR count). The molecule has 1 aliphatic rings. The third-order valence-corrected chi connectivity index (χ3v) is 4.39. The smallest absolute Gasteiger partial charge is 0.330 e. The number of aromatic amines is 1. The van der Waals surface area contributed by atoms with E-state index < -0.39 is 64.5 Å². The van der Waals surface area contributed by atoms with Crippen molar-refractivity contribution < 1.29 is 36.4 Å². The highest BCUT2D eigenvalue weighted by Crippen LogP contribution is 2.34. The molecule has 160 valence electrons. The van der Waals surface area contributed by atoms with E-state index >= 15 is 0 Å². The first kappa shape index (κ1) is 22.5. The molecule has 0 saturated carbocycles. The molecule has 13 heteroatoms. The van der Waals surface area contributed by atoms with Crippen LogP contribution in [0.15, 0.2) is 22.4 Å². The Balaban J connectivity index is 2.55. The zero-order chi connectivity index (χ0) is 21.9. The molecule has 12 nitrogen and oxygen atoms in total. The van der Waals surface area contributed by atoms with E-state index in [1.807, 2.05) is 0 Å². The standard InChI is InChI=1S/C16H20N2O10S/c1-5-10-6-18(16(22)17-14(10)21)15-13(26-9(3)20)12(28-29(4,23)24)11(27-15)7-25-8(2)19/h5-6,11-13,15H,1,7H2,2-4H3,(H,17,21,22)/t11-,12+,13-,15-/m1/s1. The van der Waals surface area contributed by atoms with Crippen LogP contribution in [-0.4, -0.2) is 61.1 Å². The summed E-state index contributed by atoms with van der Waals surface area (Å²) in [5.74, 6) is -1.48. The van der Waals surface area contributed by atoms with Gasteiger partial charge in [0.25, 0.3) is 15.7 Å². The zero-order valence-corrected chi connectivity index (χ0v) is 16.6. The van der Waals surface area contributed by atoms with Gasteiger partial charge in [-0.05, 0) is 0 Å². The van der Waals surface area contributed by atoms with Crippen LogP contribution in [0.1, 0.15) is 25.6 Å². The van der Waals surface area contributed by atoms with Crippen LogP contribution in [0.4, 0.5) is 0 Å². The molecule has 1 aromatic rings. The van der Waals surface area contributed by atoms with Crippen molar-refractivity contribution in [3.8, 4) is 0 Å². The minimum Gasteiger partial charge on any atom is -0.463 e. The van der Waals surface area contributed by atoms with Crippen molar-refractivity contribution in [1.29, 1.82) is 0 Å². The second-order valence-corrected chi connectivity index (χ2v) is 7.76. The van der Waals surface area contributed by atoms with Crippen LogP contribution in [0.5, 0.6) is 0 Å². The van der Waals surface area contributed by atoms with Gasteiger partial charge in [0.1, 0.15) is 18.8 Å². The van der Waals surface area contributed by atoms with Gasteiger partial charge in [-0.15, -0.1) is 0 Å². The van der Waals surface area contributed by atoms with Gasteiger partial charge in [-0.3, -0.25) is 28.1 Å². The summed E-state index contributed by atoms with van der Waals surface area (Å²) < 4.78 is 45.0. The van der Waals surface area contributed by atoms with E-state index in [-0.39, 0.29) is 5.56 Å². The number of nitrogens with one attached hydrogen (secondary N) is 1. The summed E-state index contributed by atoms with van der Waals surface area (Å²) in [6.07, 6.45) is -2.35. The Morgan fingerprint density at radius 2 is 1.93 bits per heavy atom. The van der Waals surface area contributed by atoms with E-state index in [9.17, 15) is 27.6 Å². The van der Waals surface area contributed by atoms with Gasteiger partial charge < -0.3 is 14.2 Å². The lowest BCUT2D eigenvalue weighted by Crippen LogP contribution is -2.42. The molecule has 1 aromatic heterocycles. The Morgan fingerprint density at radius 3 is 2.45 bits per heavy atom. The molecular formula is C16H20N2O10S. The molecule has 4 atom stereocenters. The van der Waals surface area contributed by atoms with Crippen molar-refractivity contribution in [2.45, 2.75) is 38.4 Å². The highest BCUT2D eigenvalue weighted by molar-refractivity contribution is 7.86. The van der Waals surface area contributed by atoms with Gasteiger partial charge in [0, 0.05) is 20.0 Å². The van der Waals surface area contributed by atoms with Gasteiger partial charge in [0.05, 0.1) is 11.8 Å². The van der Waals surface area contributed by atoms with Crippen molar-refractivity contribution >= 4 is 28.1 Å². The van der Waals surface area contributed by atoms with Crippen molar-refractivity contribution in [2.24, 2.45) is 0 Å². The Kier molecular flexibility index (Phi) is 6.77. The number of aromatic nitrogens is 2. The molecule has 0 aliphatic carbocycles. The molecule has 0 unspecified atom stereocenters. The summed E-state index contributed by atoms with van der Waals surface area (Å²) in [7, 11) is -4.06. The second kappa shape index (κ2) is 8.71. The largest absolute Gasteiger partial charge is 0.463 e. The monoisotopic (exact) mass is 432 g/mol. The van der Waals surface area contributed by atoms with Crippen LogP contribution in [0.25, 0.3) is 6.08 Å². The first-order chi connectivity index (χ1) is 13.4. The fraction of sp³-hybridized carbons (Fsp3) is 0.500. The van der Waals surface area contributed by atoms with Crippen molar-refractivity contribution in [3.05, 3.63) is 39.2 Å². The Morgan fingerprint density at radius 1 is 1.28 bits per heavy atom. The van der Waals surface area contributed by atoms with Gasteiger partial charge in [-0.1, -0.05) is 12.7 Å². The molecule has 1 aliphatic heterocycles. The van der Waals surface area contributed by atoms with Gasteiger partial charge >= 0.3 is 17.6 Å². The number of hydrogen-bond donors (Lipinski definition) is 1. The summed E-state index contributed by atoms with van der Waals surface area (Å²) in [5.41, 5.74) is -1.60. The molecule has 0 radical (unpaired) electrons. The molecular weight excluding hydrogens is 412 g/mol. The van der Waals surface area contributed by atoms with Gasteiger partial charge in [-0.2, -0.15) is 8.42 Å². The van der Waals surface area contributed by atoms with Gasteiger partial charge in [0.2, 0.25) is 0 Å². The average Bonchev–Trinajstić information content (AvgIpc) is 2.88. The lowest BCUT2D eigenvalue weighted by molar-refractivity contribution is -0.155. The average molecular weight is 432 g/mol. The van der Waals surface area contributed by atoms with Crippen molar-refractivity contribution in [3.63, 3.8) is 0 Å². The van der Waals surface area contributed by atoms with E-state index in [0.717, 1.165) is 30.9 Å². The highest BCUT2D eigenvalue weighted by atomic mass is 32.2. The summed E-state index contributed by atoms with van der Waals surface area (Å²) in [4.78, 5) is 48.9. The van der Waals surface area contributed by atoms with Crippen LogP contribution >= 0.6 is 0 Å². The summed E-state index contributed by atoms with van der Waals surface area (Å²) in [5, 5.41) is 0. The summed E-state index contributed by atoms with van der Waals surface area (Å²) in [6, 6.07) is 0. The van der Waals surface area contributed by atoms with Crippen LogP contribution in [0.3, 0.4) is 0 Å². The number of carbonyl (C=O) groups is 2. The van der Waals surface area contributed by atoms with Crippen LogP contribution in [0.2, 0.25) is 0 Å². The summed E-state index contributed by atoms with van der Waals surface area (Å²) in [6.45, 7) is 5.22. The lowest BCUT2D eigenvalue weighted by Gasteiger charge is -2.23. The zero-order valence-electron chi connectivity index (χ0n) is 15.8. The molecule has 0 amide bonds. The minimum atomic E-state index is -4.06. The number of rotatable bonds is 7. The lowest BCUT2D eigenvalue weighted by atomic mass is 10.1. The van der Waals surface area contributed by atoms with E-state index in [4.69, 9.17) is 18.4 Å². The quantitative estimate of drug-likeness (QED) is 0.414. The van der Waals surface area contributed by atoms with Crippen LogP contribution in [0, 0.1) is 0 Å². The third-order valence-electron chi connectivity index (χ3n) is 3.81. The molecule has 0 spiro atoms. The van der Waals surface area contributed by atoms with E-state index in [2.05, 4.69) is 11.6 Å². The fourth-order valence-electron chi connectivity index (χ4n) is 2.74. The van der Waals surface area contributed by atoms with Crippen LogP contribution < -0.4 is 11.2 Å². The fourth-order valence-corrected chi connectivity index (χ4v) is 3.37. The van der Waals surface area contributed by atoms with Crippen molar-refractivity contribution in [2.75, 3.05) is 12.9 Å².